The van der Waals surface area contributed by atoms with Crippen LogP contribution in [0.25, 0.3) is 11.4 Å². The highest BCUT2D eigenvalue weighted by Crippen LogP contribution is 2.49. The van der Waals surface area contributed by atoms with Crippen molar-refractivity contribution >= 4 is 64.1 Å². The van der Waals surface area contributed by atoms with Crippen molar-refractivity contribution in [2.75, 3.05) is 13.1 Å². The first-order valence-electron chi connectivity index (χ1n) is 21.5. The van der Waals surface area contributed by atoms with Crippen molar-refractivity contribution in [3.05, 3.63) is 50.0 Å². The third kappa shape index (κ3) is 9.96. The van der Waals surface area contributed by atoms with Gasteiger partial charge in [-0.15, -0.1) is 22.7 Å². The Balaban J connectivity index is 1.62. The van der Waals surface area contributed by atoms with Crippen LogP contribution in [0.3, 0.4) is 0 Å². The Morgan fingerprint density at radius 3 is 1.49 bits per heavy atom. The summed E-state index contributed by atoms with van der Waals surface area (Å²) in [6, 6.07) is 7.85. The second kappa shape index (κ2) is 19.8. The smallest absolute Gasteiger partial charge is 0.399 e. The van der Waals surface area contributed by atoms with E-state index in [-0.39, 0.29) is 11.8 Å². The lowest BCUT2D eigenvalue weighted by atomic mass is 9.88. The van der Waals surface area contributed by atoms with Crippen molar-refractivity contribution in [1.82, 2.24) is 9.80 Å². The predicted octanol–water partition coefficient (Wildman–Crippen LogP) is 11.3. The molecule has 5 rings (SSSR count). The van der Waals surface area contributed by atoms with Gasteiger partial charge in [0.1, 0.15) is 0 Å². The molecule has 2 unspecified atom stereocenters. The topological polar surface area (TPSA) is 76.2 Å². The number of rotatable bonds is 24. The van der Waals surface area contributed by atoms with Gasteiger partial charge in [0.2, 0.25) is 0 Å². The van der Waals surface area contributed by atoms with Gasteiger partial charge in [0.05, 0.1) is 48.4 Å². The summed E-state index contributed by atoms with van der Waals surface area (Å²) in [6.45, 7) is 18.3. The van der Waals surface area contributed by atoms with E-state index in [1.54, 1.807) is 11.3 Å². The number of unbranched alkanes of at least 4 members (excludes halogenated alkanes) is 8. The van der Waals surface area contributed by atoms with Crippen LogP contribution in [0.2, 0.25) is 0 Å². The first-order valence-corrected chi connectivity index (χ1v) is 23.2. The molecule has 2 amide bonds. The Hall–Kier alpha value is -2.53. The van der Waals surface area contributed by atoms with E-state index >= 15 is 9.59 Å². The molecule has 0 radical (unpaired) electrons. The maximum atomic E-state index is 15.2. The van der Waals surface area contributed by atoms with Gasteiger partial charge >= 0.3 is 7.12 Å². The van der Waals surface area contributed by atoms with E-state index in [0.717, 1.165) is 90.7 Å². The van der Waals surface area contributed by atoms with Crippen molar-refractivity contribution in [1.29, 1.82) is 0 Å². The summed E-state index contributed by atoms with van der Waals surface area (Å²) >= 11 is 2.94. The highest BCUT2D eigenvalue weighted by molar-refractivity contribution is 7.23. The van der Waals surface area contributed by atoms with Gasteiger partial charge in [-0.2, -0.15) is 0 Å². The number of thiophene rings is 2. The summed E-state index contributed by atoms with van der Waals surface area (Å²) in [5, 5.41) is 0. The summed E-state index contributed by atoms with van der Waals surface area (Å²) < 4.78 is 13.9. The highest BCUT2D eigenvalue weighted by Gasteiger charge is 2.53. The minimum absolute atomic E-state index is 0.0920. The number of carbonyl (C=O) groups excluding carboxylic acids is 3. The average Bonchev–Trinajstić information content (AvgIpc) is 3.97. The van der Waals surface area contributed by atoms with E-state index in [1.165, 1.54) is 49.9 Å². The minimum atomic E-state index is -0.531. The molecular formula is C45H67BN2O5S2. The number of amides is 2. The summed E-state index contributed by atoms with van der Waals surface area (Å²) in [5.41, 5.74) is 1.47. The molecule has 2 aromatic rings. The quantitative estimate of drug-likeness (QED) is 0.0601. The molecule has 1 fully saturated rings. The van der Waals surface area contributed by atoms with Crippen LogP contribution < -0.4 is 4.78 Å². The van der Waals surface area contributed by atoms with Crippen LogP contribution in [0.1, 0.15) is 178 Å². The summed E-state index contributed by atoms with van der Waals surface area (Å²) in [6.07, 6.45) is 19.0. The Bertz CT molecular complexity index is 1670. The molecule has 0 saturated carbocycles. The second-order valence-corrected chi connectivity index (χ2v) is 19.3. The van der Waals surface area contributed by atoms with Gasteiger partial charge in [-0.05, 0) is 83.4 Å². The van der Waals surface area contributed by atoms with E-state index in [2.05, 4.69) is 61.5 Å². The third-order valence-electron chi connectivity index (χ3n) is 12.2. The molecule has 0 aromatic carbocycles. The lowest BCUT2D eigenvalue weighted by Crippen LogP contribution is -2.41. The Morgan fingerprint density at radius 2 is 1.05 bits per heavy atom. The van der Waals surface area contributed by atoms with E-state index in [4.69, 9.17) is 9.31 Å². The van der Waals surface area contributed by atoms with Gasteiger partial charge in [0.15, 0.2) is 6.29 Å². The second-order valence-electron chi connectivity index (χ2n) is 17.1. The maximum absolute atomic E-state index is 15.2. The van der Waals surface area contributed by atoms with E-state index < -0.39 is 18.3 Å². The molecule has 55 heavy (non-hydrogen) atoms. The summed E-state index contributed by atoms with van der Waals surface area (Å²) in [4.78, 5) is 48.5. The molecule has 1 saturated heterocycles. The number of carbonyl (C=O) groups is 3. The normalized spacial score (nSPS) is 19.0. The molecule has 2 aromatic heterocycles. The van der Waals surface area contributed by atoms with Crippen molar-refractivity contribution in [2.45, 2.75) is 169 Å². The van der Waals surface area contributed by atoms with Gasteiger partial charge in [0.25, 0.3) is 11.8 Å². The number of nitrogens with zero attached hydrogens (tertiary/aromatic N) is 2. The molecule has 3 aliphatic rings. The van der Waals surface area contributed by atoms with Crippen LogP contribution in [0.15, 0.2) is 35.4 Å². The van der Waals surface area contributed by atoms with Crippen LogP contribution in [0, 0.1) is 11.8 Å². The molecule has 0 spiro atoms. The summed E-state index contributed by atoms with van der Waals surface area (Å²) in [7, 11) is -0.531. The largest absolute Gasteiger partial charge is 0.505 e. The van der Waals surface area contributed by atoms with Crippen LogP contribution in [-0.2, 0) is 18.9 Å². The fourth-order valence-electron chi connectivity index (χ4n) is 8.24. The van der Waals surface area contributed by atoms with Crippen molar-refractivity contribution < 1.29 is 23.7 Å². The van der Waals surface area contributed by atoms with Crippen molar-refractivity contribution in [3.8, 4) is 0 Å². The third-order valence-corrected chi connectivity index (χ3v) is 14.4. The monoisotopic (exact) mass is 790 g/mol. The number of hydrogen-bond acceptors (Lipinski definition) is 7. The van der Waals surface area contributed by atoms with Crippen LogP contribution in [0.5, 0.6) is 0 Å². The van der Waals surface area contributed by atoms with Gasteiger partial charge in [-0.1, -0.05) is 111 Å². The Morgan fingerprint density at radius 1 is 0.618 bits per heavy atom. The molecule has 5 heterocycles. The number of hydrogen-bond donors (Lipinski definition) is 0. The first kappa shape index (κ1) is 43.6. The fourth-order valence-corrected chi connectivity index (χ4v) is 10.2. The Labute approximate surface area is 340 Å². The maximum Gasteiger partial charge on any atom is 0.505 e. The standard InChI is InChI=1S/C45H67BN2O5S2/c1-9-13-17-19-23-32(21-15-11-3)29-47-40(35-26-25-34(31-49)54-35)38-39(43(47)51)41(36-27-28-37(55-36)46-52-44(5,6)45(7,8)53-46)48(42(38)50)30-33(22-16-12-4)24-20-18-14-10-2/h25-28,31-33H,9-24,29-30H2,1-8H3. The van der Waals surface area contributed by atoms with Crippen LogP contribution >= 0.6 is 22.7 Å². The van der Waals surface area contributed by atoms with E-state index in [0.29, 0.717) is 46.6 Å². The first-order chi connectivity index (χ1) is 26.4. The minimum Gasteiger partial charge on any atom is -0.399 e. The Kier molecular flexibility index (Phi) is 15.7. The van der Waals surface area contributed by atoms with Gasteiger partial charge < -0.3 is 19.1 Å². The predicted molar refractivity (Wildman–Crippen MR) is 231 cm³/mol. The number of aldehydes is 1. The SMILES string of the molecule is CCCCCCC(CCCC)CN1C(=O)C2=C(c3ccc(B4OC(C)(C)C(C)(C)O4)s3)N(CC(CCCC)CCCCCC)C(=O)C2=C1c1ccc(C=O)s1. The fraction of sp³-hybridized carbons (Fsp3) is 0.667. The molecule has 10 heteroatoms. The zero-order valence-corrected chi connectivity index (χ0v) is 36.7. The van der Waals surface area contributed by atoms with Crippen molar-refractivity contribution in [3.63, 3.8) is 0 Å². The number of fused-ring (bicyclic) bond motifs is 1. The zero-order chi connectivity index (χ0) is 39.8. The molecule has 302 valence electrons. The van der Waals surface area contributed by atoms with Gasteiger partial charge in [-0.25, -0.2) is 0 Å². The molecular weight excluding hydrogens is 723 g/mol. The van der Waals surface area contributed by atoms with E-state index in [9.17, 15) is 4.79 Å². The van der Waals surface area contributed by atoms with Gasteiger partial charge in [0, 0.05) is 17.9 Å². The summed E-state index contributed by atoms with van der Waals surface area (Å²) in [5.74, 6) is 0.475. The highest BCUT2D eigenvalue weighted by atomic mass is 32.1. The lowest BCUT2D eigenvalue weighted by Gasteiger charge is -2.32. The molecule has 0 aliphatic carbocycles. The lowest BCUT2D eigenvalue weighted by molar-refractivity contribution is -0.124. The molecule has 7 nitrogen and oxygen atoms in total. The molecule has 0 N–H and O–H groups in total. The molecule has 3 aliphatic heterocycles. The molecule has 2 atom stereocenters. The average molecular weight is 791 g/mol. The van der Waals surface area contributed by atoms with Crippen molar-refractivity contribution in [2.24, 2.45) is 11.8 Å². The van der Waals surface area contributed by atoms with Crippen LogP contribution in [0.4, 0.5) is 0 Å². The van der Waals surface area contributed by atoms with Gasteiger partial charge in [-0.3, -0.25) is 14.4 Å². The zero-order valence-electron chi connectivity index (χ0n) is 35.1. The molecule has 0 bridgehead atoms. The van der Waals surface area contributed by atoms with Crippen LogP contribution in [-0.4, -0.2) is 59.3 Å². The van der Waals surface area contributed by atoms with E-state index in [1.807, 2.05) is 28.0 Å².